The van der Waals surface area contributed by atoms with Crippen molar-refractivity contribution < 1.29 is 4.42 Å². The fourth-order valence-corrected chi connectivity index (χ4v) is 2.53. The highest BCUT2D eigenvalue weighted by molar-refractivity contribution is 4.89. The Morgan fingerprint density at radius 3 is 3.07 bits per heavy atom. The summed E-state index contributed by atoms with van der Waals surface area (Å²) in [5.74, 6) is 1.79. The van der Waals surface area contributed by atoms with Gasteiger partial charge in [-0.1, -0.05) is 26.2 Å². The smallest absolute Gasteiger partial charge is 0.180 e. The van der Waals surface area contributed by atoms with E-state index in [2.05, 4.69) is 17.2 Å². The molecule has 2 atom stereocenters. The first kappa shape index (κ1) is 10.7. The van der Waals surface area contributed by atoms with Crippen molar-refractivity contribution in [2.75, 3.05) is 0 Å². The van der Waals surface area contributed by atoms with Crippen LogP contribution in [-0.4, -0.2) is 11.0 Å². The summed E-state index contributed by atoms with van der Waals surface area (Å²) in [6, 6.07) is 0.675. The highest BCUT2D eigenvalue weighted by Crippen LogP contribution is 2.26. The van der Waals surface area contributed by atoms with Crippen molar-refractivity contribution in [1.29, 1.82) is 0 Å². The molecular weight excluding hydrogens is 188 g/mol. The molecule has 0 saturated heterocycles. The maximum Gasteiger partial charge on any atom is 0.180 e. The van der Waals surface area contributed by atoms with Gasteiger partial charge in [-0.2, -0.15) is 0 Å². The predicted octanol–water partition coefficient (Wildman–Crippen LogP) is 2.73. The van der Waals surface area contributed by atoms with Gasteiger partial charge in [0.1, 0.15) is 5.76 Å². The summed E-state index contributed by atoms with van der Waals surface area (Å²) in [5.41, 5.74) is 0. The Labute approximate surface area is 91.3 Å². The average Bonchev–Trinajstić information content (AvgIpc) is 2.79. The predicted molar refractivity (Wildman–Crippen MR) is 59.4 cm³/mol. The molecule has 1 N–H and O–H groups in total. The van der Waals surface area contributed by atoms with Gasteiger partial charge >= 0.3 is 0 Å². The van der Waals surface area contributed by atoms with Crippen molar-refractivity contribution in [3.63, 3.8) is 0 Å². The summed E-state index contributed by atoms with van der Waals surface area (Å²) in [7, 11) is 0. The molecule has 1 aromatic rings. The molecule has 1 aromatic heterocycles. The van der Waals surface area contributed by atoms with Crippen LogP contribution in [0.25, 0.3) is 0 Å². The minimum absolute atomic E-state index is 0.675. The van der Waals surface area contributed by atoms with Crippen LogP contribution in [0, 0.1) is 5.92 Å². The Kier molecular flexibility index (Phi) is 3.78. The lowest BCUT2D eigenvalue weighted by molar-refractivity contribution is 0.249. The van der Waals surface area contributed by atoms with E-state index >= 15 is 0 Å². The number of nitrogens with zero attached hydrogens (tertiary/aromatic N) is 1. The summed E-state index contributed by atoms with van der Waals surface area (Å²) in [6.45, 7) is 3.11. The molecule has 0 radical (unpaired) electrons. The lowest BCUT2D eigenvalue weighted by Gasteiger charge is -2.31. The van der Waals surface area contributed by atoms with Crippen LogP contribution < -0.4 is 5.32 Å². The van der Waals surface area contributed by atoms with E-state index in [1.54, 1.807) is 6.20 Å². The molecule has 3 heteroatoms. The van der Waals surface area contributed by atoms with Crippen LogP contribution in [0.3, 0.4) is 0 Å². The molecule has 84 valence electrons. The molecule has 2 unspecified atom stereocenters. The Balaban J connectivity index is 1.81. The molecule has 2 rings (SSSR count). The van der Waals surface area contributed by atoms with Gasteiger partial charge in [-0.3, -0.25) is 0 Å². The molecule has 15 heavy (non-hydrogen) atoms. The Hall–Kier alpha value is -0.830. The molecule has 1 heterocycles. The third-order valence-electron chi connectivity index (χ3n) is 3.46. The largest absolute Gasteiger partial charge is 0.447 e. The quantitative estimate of drug-likeness (QED) is 0.826. The lowest BCUT2D eigenvalue weighted by atomic mass is 9.83. The number of nitrogens with one attached hydrogen (secondary N) is 1. The molecule has 3 nitrogen and oxygen atoms in total. The first-order valence-corrected chi connectivity index (χ1v) is 6.01. The second kappa shape index (κ2) is 5.31. The summed E-state index contributed by atoms with van der Waals surface area (Å²) >= 11 is 0. The Morgan fingerprint density at radius 1 is 1.47 bits per heavy atom. The minimum atomic E-state index is 0.675. The highest BCUT2D eigenvalue weighted by atomic mass is 16.3. The van der Waals surface area contributed by atoms with E-state index in [-0.39, 0.29) is 0 Å². The maximum absolute atomic E-state index is 5.22. The zero-order valence-electron chi connectivity index (χ0n) is 9.41. The lowest BCUT2D eigenvalue weighted by Crippen LogP contribution is -2.37. The van der Waals surface area contributed by atoms with E-state index in [4.69, 9.17) is 4.42 Å². The van der Waals surface area contributed by atoms with Gasteiger partial charge in [0.05, 0.1) is 12.7 Å². The molecule has 0 aromatic carbocycles. The average molecular weight is 208 g/mol. The van der Waals surface area contributed by atoms with Crippen LogP contribution in [0.4, 0.5) is 0 Å². The summed E-state index contributed by atoms with van der Waals surface area (Å²) < 4.78 is 5.22. The molecule has 0 spiro atoms. The molecule has 0 amide bonds. The second-order valence-electron chi connectivity index (χ2n) is 4.41. The van der Waals surface area contributed by atoms with E-state index < -0.39 is 0 Å². The van der Waals surface area contributed by atoms with E-state index in [1.165, 1.54) is 38.5 Å². The number of aromatic nitrogens is 1. The van der Waals surface area contributed by atoms with Crippen molar-refractivity contribution in [3.8, 4) is 0 Å². The van der Waals surface area contributed by atoms with Gasteiger partial charge < -0.3 is 9.73 Å². The molecule has 1 aliphatic rings. The van der Waals surface area contributed by atoms with Crippen molar-refractivity contribution >= 4 is 0 Å². The zero-order chi connectivity index (χ0) is 10.5. The van der Waals surface area contributed by atoms with E-state index in [9.17, 15) is 0 Å². The van der Waals surface area contributed by atoms with Crippen LogP contribution in [0.5, 0.6) is 0 Å². The monoisotopic (exact) mass is 208 g/mol. The molecule has 1 aliphatic carbocycles. The summed E-state index contributed by atoms with van der Waals surface area (Å²) in [5, 5.41) is 3.59. The van der Waals surface area contributed by atoms with Crippen molar-refractivity contribution in [2.45, 2.75) is 51.6 Å². The molecule has 1 fully saturated rings. The summed E-state index contributed by atoms with van der Waals surface area (Å²) in [4.78, 5) is 3.92. The minimum Gasteiger partial charge on any atom is -0.447 e. The van der Waals surface area contributed by atoms with Crippen LogP contribution in [-0.2, 0) is 6.54 Å². The van der Waals surface area contributed by atoms with Crippen LogP contribution in [0.2, 0.25) is 0 Å². The van der Waals surface area contributed by atoms with E-state index in [0.717, 1.165) is 18.2 Å². The SMILES string of the molecule is CCC1CCCCC1NCc1cnco1. The first-order chi connectivity index (χ1) is 7.40. The highest BCUT2D eigenvalue weighted by Gasteiger charge is 2.22. The van der Waals surface area contributed by atoms with Crippen molar-refractivity contribution in [2.24, 2.45) is 5.92 Å². The third kappa shape index (κ3) is 2.81. The van der Waals surface area contributed by atoms with Gasteiger partial charge in [0.15, 0.2) is 6.39 Å². The fourth-order valence-electron chi connectivity index (χ4n) is 2.53. The van der Waals surface area contributed by atoms with Gasteiger partial charge in [0.2, 0.25) is 0 Å². The number of hydrogen-bond acceptors (Lipinski definition) is 3. The Bertz CT molecular complexity index is 271. The van der Waals surface area contributed by atoms with Crippen LogP contribution >= 0.6 is 0 Å². The molecular formula is C12H20N2O. The van der Waals surface area contributed by atoms with Crippen LogP contribution in [0.15, 0.2) is 17.0 Å². The molecule has 0 bridgehead atoms. The zero-order valence-corrected chi connectivity index (χ0v) is 9.41. The van der Waals surface area contributed by atoms with Crippen LogP contribution in [0.1, 0.15) is 44.8 Å². The maximum atomic E-state index is 5.22. The number of hydrogen-bond donors (Lipinski definition) is 1. The van der Waals surface area contributed by atoms with Crippen molar-refractivity contribution in [3.05, 3.63) is 18.4 Å². The van der Waals surface area contributed by atoms with Gasteiger partial charge in [-0.25, -0.2) is 4.98 Å². The number of oxazole rings is 1. The standard InChI is InChI=1S/C12H20N2O/c1-2-10-5-3-4-6-12(10)14-8-11-7-13-9-15-11/h7,9-10,12,14H,2-6,8H2,1H3. The molecule has 1 saturated carbocycles. The number of rotatable bonds is 4. The van der Waals surface area contributed by atoms with Gasteiger partial charge in [-0.05, 0) is 18.8 Å². The first-order valence-electron chi connectivity index (χ1n) is 6.01. The second-order valence-corrected chi connectivity index (χ2v) is 4.41. The van der Waals surface area contributed by atoms with E-state index in [0.29, 0.717) is 6.04 Å². The summed E-state index contributed by atoms with van der Waals surface area (Å²) in [6.07, 6.45) is 10.0. The van der Waals surface area contributed by atoms with Gasteiger partial charge in [0.25, 0.3) is 0 Å². The topological polar surface area (TPSA) is 38.1 Å². The molecule has 0 aliphatic heterocycles. The normalized spacial score (nSPS) is 26.7. The van der Waals surface area contributed by atoms with E-state index in [1.807, 2.05) is 0 Å². The van der Waals surface area contributed by atoms with Gasteiger partial charge in [-0.15, -0.1) is 0 Å². The fraction of sp³-hybridized carbons (Fsp3) is 0.750. The Morgan fingerprint density at radius 2 is 2.33 bits per heavy atom. The third-order valence-corrected chi connectivity index (χ3v) is 3.46. The van der Waals surface area contributed by atoms with Gasteiger partial charge in [0, 0.05) is 6.04 Å². The van der Waals surface area contributed by atoms with Crippen molar-refractivity contribution in [1.82, 2.24) is 10.3 Å².